The maximum absolute atomic E-state index is 11.9. The summed E-state index contributed by atoms with van der Waals surface area (Å²) in [6.45, 7) is 0.00311. The van der Waals surface area contributed by atoms with Crippen LogP contribution in [0.25, 0.3) is 11.0 Å². The molecule has 0 amide bonds. The molecule has 0 saturated carbocycles. The van der Waals surface area contributed by atoms with Gasteiger partial charge in [0.1, 0.15) is 17.8 Å². The molecule has 5 nitrogen and oxygen atoms in total. The summed E-state index contributed by atoms with van der Waals surface area (Å²) in [4.78, 5) is 11.9. The van der Waals surface area contributed by atoms with Crippen LogP contribution in [0.1, 0.15) is 0 Å². The van der Waals surface area contributed by atoms with Gasteiger partial charge < -0.3 is 4.74 Å². The molecule has 6 heteroatoms. The third kappa shape index (κ3) is 2.62. The highest BCUT2D eigenvalue weighted by molar-refractivity contribution is 6.30. The molecule has 0 spiro atoms. The fraction of sp³-hybridized carbons (Fsp3) is 0.0714. The van der Waals surface area contributed by atoms with Gasteiger partial charge in [-0.3, -0.25) is 0 Å². The second-order valence-electron chi connectivity index (χ2n) is 4.16. The lowest BCUT2D eigenvalue weighted by molar-refractivity contribution is -0.135. The predicted molar refractivity (Wildman–Crippen MR) is 74.6 cm³/mol. The third-order valence-electron chi connectivity index (χ3n) is 2.74. The van der Waals surface area contributed by atoms with E-state index in [1.54, 1.807) is 24.3 Å². The first-order valence-electron chi connectivity index (χ1n) is 5.97. The zero-order valence-corrected chi connectivity index (χ0v) is 11.1. The smallest absolute Gasteiger partial charge is 0.333 e. The van der Waals surface area contributed by atoms with Crippen molar-refractivity contribution in [3.8, 4) is 5.75 Å². The number of aromatic nitrogens is 3. The van der Waals surface area contributed by atoms with E-state index in [0.29, 0.717) is 10.8 Å². The zero-order valence-electron chi connectivity index (χ0n) is 10.4. The van der Waals surface area contributed by atoms with Crippen LogP contribution in [0, 0.1) is 0 Å². The number of nitrogens with zero attached hydrogens (tertiary/aromatic N) is 3. The maximum atomic E-state index is 11.9. The van der Waals surface area contributed by atoms with Crippen LogP contribution < -0.4 is 4.74 Å². The van der Waals surface area contributed by atoms with E-state index in [2.05, 4.69) is 10.3 Å². The lowest BCUT2D eigenvalue weighted by Crippen LogP contribution is -2.17. The number of hydrogen-bond donors (Lipinski definition) is 0. The van der Waals surface area contributed by atoms with Crippen molar-refractivity contribution in [2.45, 2.75) is 6.54 Å². The van der Waals surface area contributed by atoms with Crippen molar-refractivity contribution < 1.29 is 9.53 Å². The molecule has 0 unspecified atom stereocenters. The largest absolute Gasteiger partial charge is 0.425 e. The van der Waals surface area contributed by atoms with Crippen LogP contribution >= 0.6 is 11.6 Å². The van der Waals surface area contributed by atoms with Crippen LogP contribution in [-0.2, 0) is 11.3 Å². The first kappa shape index (κ1) is 12.6. The molecule has 0 fully saturated rings. The Kier molecular flexibility index (Phi) is 3.35. The number of fused-ring (bicyclic) bond motifs is 1. The van der Waals surface area contributed by atoms with Crippen LogP contribution in [0.2, 0.25) is 5.02 Å². The monoisotopic (exact) mass is 287 g/mol. The van der Waals surface area contributed by atoms with Crippen LogP contribution in [0.15, 0.2) is 48.5 Å². The van der Waals surface area contributed by atoms with Gasteiger partial charge in [-0.2, -0.15) is 0 Å². The van der Waals surface area contributed by atoms with E-state index in [-0.39, 0.29) is 6.54 Å². The fourth-order valence-corrected chi connectivity index (χ4v) is 1.95. The SMILES string of the molecule is O=C(Cn1nnc2ccccc21)Oc1ccc(Cl)cc1. The molecule has 0 aliphatic heterocycles. The quantitative estimate of drug-likeness (QED) is 0.549. The zero-order chi connectivity index (χ0) is 13.9. The number of rotatable bonds is 3. The van der Waals surface area contributed by atoms with Gasteiger partial charge in [-0.1, -0.05) is 28.9 Å². The van der Waals surface area contributed by atoms with Crippen LogP contribution in [0.4, 0.5) is 0 Å². The Morgan fingerprint density at radius 2 is 1.90 bits per heavy atom. The molecule has 3 rings (SSSR count). The number of carbonyl (C=O) groups excluding carboxylic acids is 1. The molecule has 0 N–H and O–H groups in total. The lowest BCUT2D eigenvalue weighted by atomic mass is 10.3. The van der Waals surface area contributed by atoms with Gasteiger partial charge in [0.2, 0.25) is 0 Å². The van der Waals surface area contributed by atoms with Gasteiger partial charge in [-0.05, 0) is 36.4 Å². The number of hydrogen-bond acceptors (Lipinski definition) is 4. The van der Waals surface area contributed by atoms with E-state index in [1.807, 2.05) is 24.3 Å². The van der Waals surface area contributed by atoms with Crippen molar-refractivity contribution in [2.24, 2.45) is 0 Å². The van der Waals surface area contributed by atoms with E-state index < -0.39 is 5.97 Å². The van der Waals surface area contributed by atoms with Gasteiger partial charge in [0.25, 0.3) is 0 Å². The molecule has 0 bridgehead atoms. The number of ether oxygens (including phenoxy) is 1. The van der Waals surface area contributed by atoms with Gasteiger partial charge in [-0.15, -0.1) is 5.10 Å². The van der Waals surface area contributed by atoms with E-state index in [0.717, 1.165) is 11.0 Å². The van der Waals surface area contributed by atoms with Gasteiger partial charge >= 0.3 is 5.97 Å². The number of para-hydroxylation sites is 1. The van der Waals surface area contributed by atoms with Crippen LogP contribution in [0.5, 0.6) is 5.75 Å². The van der Waals surface area contributed by atoms with Gasteiger partial charge in [0, 0.05) is 5.02 Å². The van der Waals surface area contributed by atoms with Gasteiger partial charge in [0.15, 0.2) is 0 Å². The minimum absolute atomic E-state index is 0.00311. The standard InChI is InChI=1S/C14H10ClN3O2/c15-10-5-7-11(8-6-10)20-14(19)9-18-13-4-2-1-3-12(13)16-17-18/h1-8H,9H2. The number of halogens is 1. The molecule has 2 aromatic carbocycles. The summed E-state index contributed by atoms with van der Waals surface area (Å²) in [5.74, 6) is 0.0341. The van der Waals surface area contributed by atoms with E-state index in [4.69, 9.17) is 16.3 Å². The second kappa shape index (κ2) is 5.30. The van der Waals surface area contributed by atoms with Crippen molar-refractivity contribution in [2.75, 3.05) is 0 Å². The highest BCUT2D eigenvalue weighted by Crippen LogP contribution is 2.16. The van der Waals surface area contributed by atoms with Gasteiger partial charge in [-0.25, -0.2) is 9.48 Å². The third-order valence-corrected chi connectivity index (χ3v) is 3.00. The predicted octanol–water partition coefficient (Wildman–Crippen LogP) is 2.69. The lowest BCUT2D eigenvalue weighted by Gasteiger charge is -2.04. The Balaban J connectivity index is 1.74. The van der Waals surface area contributed by atoms with Gasteiger partial charge in [0.05, 0.1) is 5.52 Å². The summed E-state index contributed by atoms with van der Waals surface area (Å²) in [5.41, 5.74) is 1.53. The fourth-order valence-electron chi connectivity index (χ4n) is 1.82. The van der Waals surface area contributed by atoms with E-state index in [1.165, 1.54) is 4.68 Å². The Morgan fingerprint density at radius 1 is 1.15 bits per heavy atom. The normalized spacial score (nSPS) is 10.7. The molecular weight excluding hydrogens is 278 g/mol. The van der Waals surface area contributed by atoms with Crippen molar-refractivity contribution in [3.63, 3.8) is 0 Å². The van der Waals surface area contributed by atoms with E-state index in [9.17, 15) is 4.79 Å². The number of esters is 1. The average molecular weight is 288 g/mol. The first-order chi connectivity index (χ1) is 9.72. The summed E-state index contributed by atoms with van der Waals surface area (Å²) >= 11 is 5.77. The first-order valence-corrected chi connectivity index (χ1v) is 6.35. The Morgan fingerprint density at radius 3 is 2.70 bits per heavy atom. The molecule has 3 aromatic rings. The van der Waals surface area contributed by atoms with Crippen LogP contribution in [0.3, 0.4) is 0 Å². The molecule has 1 heterocycles. The van der Waals surface area contributed by atoms with Crippen molar-refractivity contribution in [1.29, 1.82) is 0 Å². The van der Waals surface area contributed by atoms with E-state index >= 15 is 0 Å². The topological polar surface area (TPSA) is 57.0 Å². The molecule has 0 radical (unpaired) electrons. The summed E-state index contributed by atoms with van der Waals surface area (Å²) in [6, 6.07) is 14.0. The Hall–Kier alpha value is -2.40. The van der Waals surface area contributed by atoms with Crippen molar-refractivity contribution in [3.05, 3.63) is 53.6 Å². The minimum Gasteiger partial charge on any atom is -0.425 e. The molecule has 20 heavy (non-hydrogen) atoms. The highest BCUT2D eigenvalue weighted by Gasteiger charge is 2.10. The Labute approximate surface area is 119 Å². The molecular formula is C14H10ClN3O2. The number of carbonyl (C=O) groups is 1. The average Bonchev–Trinajstić information content (AvgIpc) is 2.85. The van der Waals surface area contributed by atoms with Crippen molar-refractivity contribution in [1.82, 2.24) is 15.0 Å². The van der Waals surface area contributed by atoms with Crippen LogP contribution in [-0.4, -0.2) is 21.0 Å². The molecule has 0 aliphatic rings. The molecule has 0 atom stereocenters. The Bertz CT molecular complexity index is 752. The molecule has 1 aromatic heterocycles. The second-order valence-corrected chi connectivity index (χ2v) is 4.60. The summed E-state index contributed by atoms with van der Waals surface area (Å²) in [5, 5.41) is 8.50. The summed E-state index contributed by atoms with van der Waals surface area (Å²) in [7, 11) is 0. The summed E-state index contributed by atoms with van der Waals surface area (Å²) in [6.07, 6.45) is 0. The maximum Gasteiger partial charge on any atom is 0.333 e. The molecule has 100 valence electrons. The van der Waals surface area contributed by atoms with Crippen molar-refractivity contribution >= 4 is 28.6 Å². The molecule has 0 saturated heterocycles. The number of benzene rings is 2. The summed E-state index contributed by atoms with van der Waals surface area (Å²) < 4.78 is 6.71. The highest BCUT2D eigenvalue weighted by atomic mass is 35.5. The molecule has 0 aliphatic carbocycles. The minimum atomic E-state index is -0.414.